The van der Waals surface area contributed by atoms with Gasteiger partial charge in [-0.05, 0) is 86.5 Å². The Morgan fingerprint density at radius 2 is 1.67 bits per heavy atom. The summed E-state index contributed by atoms with van der Waals surface area (Å²) in [4.78, 5) is 12.4. The molecular formula is C22H17Br3O5. The number of allylic oxidation sites excluding steroid dienone is 1. The molecule has 0 spiro atoms. The van der Waals surface area contributed by atoms with Crippen molar-refractivity contribution < 1.29 is 23.4 Å². The predicted molar refractivity (Wildman–Crippen MR) is 125 cm³/mol. The number of benzene rings is 2. The van der Waals surface area contributed by atoms with Gasteiger partial charge in [0, 0.05) is 10.0 Å². The number of halogens is 3. The van der Waals surface area contributed by atoms with Crippen LogP contribution < -0.4 is 14.2 Å². The van der Waals surface area contributed by atoms with Crippen molar-refractivity contribution in [1.29, 1.82) is 0 Å². The van der Waals surface area contributed by atoms with Crippen LogP contribution in [0.4, 0.5) is 0 Å². The quantitative estimate of drug-likeness (QED) is 0.205. The Morgan fingerprint density at radius 1 is 0.967 bits per heavy atom. The predicted octanol–water partition coefficient (Wildman–Crippen LogP) is 7.06. The zero-order valence-electron chi connectivity index (χ0n) is 16.1. The minimum atomic E-state index is -0.173. The van der Waals surface area contributed by atoms with Gasteiger partial charge >= 0.3 is 0 Å². The Bertz CT molecular complexity index is 1070. The largest absolute Gasteiger partial charge is 0.493 e. The summed E-state index contributed by atoms with van der Waals surface area (Å²) >= 11 is 10.4. The van der Waals surface area contributed by atoms with Gasteiger partial charge < -0.3 is 18.6 Å². The standard InChI is InChI=1S/C22H17Br3O5/c1-27-20-8-3-13(9-21(20)28-2)19(26)7-6-15-4-5-16(30-15)12-29-22-17(24)10-14(23)11-18(22)25/h3-11H,12H2,1-2H3/b7-6+. The van der Waals surface area contributed by atoms with Gasteiger partial charge in [0.1, 0.15) is 23.9 Å². The van der Waals surface area contributed by atoms with Crippen molar-refractivity contribution in [2.45, 2.75) is 6.61 Å². The average molecular weight is 601 g/mol. The molecule has 0 unspecified atom stereocenters. The summed E-state index contributed by atoms with van der Waals surface area (Å²) < 4.78 is 24.6. The van der Waals surface area contributed by atoms with Crippen LogP contribution in [0, 0.1) is 0 Å². The topological polar surface area (TPSA) is 57.9 Å². The number of hydrogen-bond acceptors (Lipinski definition) is 5. The molecule has 0 N–H and O–H groups in total. The highest BCUT2D eigenvalue weighted by Gasteiger charge is 2.11. The molecule has 1 heterocycles. The van der Waals surface area contributed by atoms with Crippen molar-refractivity contribution in [3.8, 4) is 17.2 Å². The van der Waals surface area contributed by atoms with E-state index in [9.17, 15) is 4.79 Å². The van der Waals surface area contributed by atoms with Gasteiger partial charge in [-0.1, -0.05) is 15.9 Å². The van der Waals surface area contributed by atoms with Crippen molar-refractivity contribution >= 4 is 59.6 Å². The van der Waals surface area contributed by atoms with E-state index in [2.05, 4.69) is 47.8 Å². The smallest absolute Gasteiger partial charge is 0.186 e. The van der Waals surface area contributed by atoms with E-state index in [1.807, 2.05) is 12.1 Å². The second-order valence-corrected chi connectivity index (χ2v) is 8.68. The van der Waals surface area contributed by atoms with Crippen LogP contribution in [0.15, 0.2) is 66.4 Å². The molecule has 30 heavy (non-hydrogen) atoms. The van der Waals surface area contributed by atoms with E-state index in [-0.39, 0.29) is 12.4 Å². The van der Waals surface area contributed by atoms with Gasteiger partial charge in [0.25, 0.3) is 0 Å². The average Bonchev–Trinajstić information content (AvgIpc) is 3.18. The van der Waals surface area contributed by atoms with Gasteiger partial charge in [0.05, 0.1) is 23.2 Å². The molecule has 8 heteroatoms. The number of ketones is 1. The minimum absolute atomic E-state index is 0.173. The Labute approximate surface area is 199 Å². The lowest BCUT2D eigenvalue weighted by Crippen LogP contribution is -1.97. The van der Waals surface area contributed by atoms with Crippen LogP contribution in [0.25, 0.3) is 6.08 Å². The van der Waals surface area contributed by atoms with Gasteiger partial charge in [-0.3, -0.25) is 4.79 Å². The summed E-state index contributed by atoms with van der Waals surface area (Å²) in [5, 5.41) is 0. The third kappa shape index (κ3) is 5.56. The number of carbonyl (C=O) groups excluding carboxylic acids is 1. The molecule has 0 atom stereocenters. The highest BCUT2D eigenvalue weighted by atomic mass is 79.9. The van der Waals surface area contributed by atoms with E-state index >= 15 is 0 Å². The van der Waals surface area contributed by atoms with E-state index in [1.165, 1.54) is 13.2 Å². The fourth-order valence-corrected chi connectivity index (χ4v) is 5.10. The van der Waals surface area contributed by atoms with E-state index in [0.29, 0.717) is 34.3 Å². The van der Waals surface area contributed by atoms with Gasteiger partial charge in [0.2, 0.25) is 0 Å². The fourth-order valence-electron chi connectivity index (χ4n) is 2.62. The lowest BCUT2D eigenvalue weighted by molar-refractivity contribution is 0.104. The fraction of sp³-hybridized carbons (Fsp3) is 0.136. The first-order chi connectivity index (χ1) is 14.4. The molecule has 0 saturated carbocycles. The van der Waals surface area contributed by atoms with E-state index in [0.717, 1.165) is 13.4 Å². The number of hydrogen-bond donors (Lipinski definition) is 0. The first-order valence-corrected chi connectivity index (χ1v) is 11.1. The lowest BCUT2D eigenvalue weighted by atomic mass is 10.1. The first kappa shape index (κ1) is 22.7. The molecule has 0 radical (unpaired) electrons. The van der Waals surface area contributed by atoms with Crippen molar-refractivity contribution in [3.05, 3.63) is 79.0 Å². The molecule has 0 aliphatic heterocycles. The Morgan fingerprint density at radius 3 is 2.33 bits per heavy atom. The minimum Gasteiger partial charge on any atom is -0.493 e. The van der Waals surface area contributed by atoms with Crippen molar-refractivity contribution in [2.24, 2.45) is 0 Å². The van der Waals surface area contributed by atoms with Crippen LogP contribution in [-0.4, -0.2) is 20.0 Å². The summed E-state index contributed by atoms with van der Waals surface area (Å²) in [6.45, 7) is 0.246. The summed E-state index contributed by atoms with van der Waals surface area (Å²) in [7, 11) is 3.07. The van der Waals surface area contributed by atoms with Crippen molar-refractivity contribution in [2.75, 3.05) is 14.2 Å². The third-order valence-corrected chi connectivity index (χ3v) is 5.71. The normalized spacial score (nSPS) is 11.0. The second-order valence-electron chi connectivity index (χ2n) is 6.06. The molecule has 0 aliphatic rings. The molecule has 3 rings (SSSR count). The summed E-state index contributed by atoms with van der Waals surface area (Å²) in [5.41, 5.74) is 0.490. The second kappa shape index (κ2) is 10.3. The number of ether oxygens (including phenoxy) is 3. The maximum absolute atomic E-state index is 12.4. The van der Waals surface area contributed by atoms with Gasteiger partial charge in [-0.25, -0.2) is 0 Å². The van der Waals surface area contributed by atoms with Crippen LogP contribution in [0.1, 0.15) is 21.9 Å². The molecule has 0 aliphatic carbocycles. The molecule has 156 valence electrons. The molecule has 1 aromatic heterocycles. The third-order valence-electron chi connectivity index (χ3n) is 4.07. The zero-order chi connectivity index (χ0) is 21.7. The maximum Gasteiger partial charge on any atom is 0.186 e. The first-order valence-electron chi connectivity index (χ1n) is 8.71. The number of rotatable bonds is 8. The Kier molecular flexibility index (Phi) is 7.80. The molecule has 2 aromatic carbocycles. The summed E-state index contributed by atoms with van der Waals surface area (Å²) in [6, 6.07) is 12.4. The zero-order valence-corrected chi connectivity index (χ0v) is 20.8. The van der Waals surface area contributed by atoms with Gasteiger partial charge in [-0.2, -0.15) is 0 Å². The SMILES string of the molecule is COc1ccc(C(=O)/C=C/c2ccc(COc3c(Br)cc(Br)cc3Br)o2)cc1OC. The number of furan rings is 1. The summed E-state index contributed by atoms with van der Waals surface area (Å²) in [5.74, 6) is 2.76. The monoisotopic (exact) mass is 598 g/mol. The number of carbonyl (C=O) groups is 1. The lowest BCUT2D eigenvalue weighted by Gasteiger charge is -2.09. The van der Waals surface area contributed by atoms with E-state index in [4.69, 9.17) is 18.6 Å². The van der Waals surface area contributed by atoms with Gasteiger partial charge in [-0.15, -0.1) is 0 Å². The molecule has 0 fully saturated rings. The van der Waals surface area contributed by atoms with E-state index < -0.39 is 0 Å². The Balaban J connectivity index is 1.65. The Hall–Kier alpha value is -2.03. The molecule has 5 nitrogen and oxygen atoms in total. The highest BCUT2D eigenvalue weighted by Crippen LogP contribution is 2.37. The van der Waals surface area contributed by atoms with Crippen LogP contribution in [0.5, 0.6) is 17.2 Å². The highest BCUT2D eigenvalue weighted by molar-refractivity contribution is 9.11. The molecule has 3 aromatic rings. The van der Waals surface area contributed by atoms with Crippen LogP contribution in [0.3, 0.4) is 0 Å². The molecule has 0 saturated heterocycles. The van der Waals surface area contributed by atoms with Gasteiger partial charge in [0.15, 0.2) is 17.3 Å². The van der Waals surface area contributed by atoms with E-state index in [1.54, 1.807) is 43.5 Å². The molecular weight excluding hydrogens is 584 g/mol. The number of methoxy groups -OCH3 is 2. The van der Waals surface area contributed by atoms with Crippen molar-refractivity contribution in [1.82, 2.24) is 0 Å². The maximum atomic E-state index is 12.4. The van der Waals surface area contributed by atoms with Crippen LogP contribution in [0.2, 0.25) is 0 Å². The molecule has 0 bridgehead atoms. The summed E-state index contributed by atoms with van der Waals surface area (Å²) in [6.07, 6.45) is 3.07. The molecule has 0 amide bonds. The van der Waals surface area contributed by atoms with Crippen LogP contribution in [-0.2, 0) is 6.61 Å². The van der Waals surface area contributed by atoms with Crippen molar-refractivity contribution in [3.63, 3.8) is 0 Å². The van der Waals surface area contributed by atoms with Crippen LogP contribution >= 0.6 is 47.8 Å².